The number of halogens is 1. The Bertz CT molecular complexity index is 1680. The van der Waals surface area contributed by atoms with E-state index in [-0.39, 0.29) is 12.4 Å². The van der Waals surface area contributed by atoms with Gasteiger partial charge in [0.15, 0.2) is 12.4 Å². The van der Waals surface area contributed by atoms with Gasteiger partial charge < -0.3 is 29.8 Å². The maximum atomic E-state index is 15.5. The average Bonchev–Trinajstić information content (AvgIpc) is 3.58. The number of hydrogen-bond acceptors (Lipinski definition) is 10. The van der Waals surface area contributed by atoms with E-state index < -0.39 is 24.6 Å². The lowest BCUT2D eigenvalue weighted by Gasteiger charge is -2.31. The summed E-state index contributed by atoms with van der Waals surface area (Å²) in [5.41, 5.74) is 9.28. The highest BCUT2D eigenvalue weighted by Crippen LogP contribution is 2.39. The highest BCUT2D eigenvalue weighted by molar-refractivity contribution is 5.99. The largest absolute Gasteiger partial charge is 0.491 e. The van der Waals surface area contributed by atoms with Crippen LogP contribution in [0.15, 0.2) is 49.2 Å². The van der Waals surface area contributed by atoms with Crippen LogP contribution in [0, 0.1) is 0 Å². The van der Waals surface area contributed by atoms with Crippen molar-refractivity contribution in [1.82, 2.24) is 34.3 Å². The maximum Gasteiger partial charge on any atom is 0.173 e. The van der Waals surface area contributed by atoms with Crippen LogP contribution in [0.1, 0.15) is 12.6 Å². The lowest BCUT2D eigenvalue weighted by Crippen LogP contribution is -2.37. The number of aromatic nitrogens is 7. The molecule has 1 aromatic carbocycles. The quantitative estimate of drug-likeness (QED) is 0.335. The van der Waals surface area contributed by atoms with Crippen LogP contribution in [0.3, 0.4) is 0 Å². The minimum atomic E-state index is -1.73. The fourth-order valence-electron chi connectivity index (χ4n) is 5.07. The molecule has 2 saturated heterocycles. The lowest BCUT2D eigenvalue weighted by atomic mass is 10.1. The van der Waals surface area contributed by atoms with Gasteiger partial charge in [-0.2, -0.15) is 5.10 Å². The normalized spacial score (nSPS) is 23.0. The van der Waals surface area contributed by atoms with E-state index in [1.54, 1.807) is 42.5 Å². The van der Waals surface area contributed by atoms with Gasteiger partial charge in [-0.05, 0) is 24.6 Å². The molecule has 6 heterocycles. The Morgan fingerprint density at radius 3 is 2.82 bits per heavy atom. The molecule has 2 aliphatic heterocycles. The summed E-state index contributed by atoms with van der Waals surface area (Å²) in [6.07, 6.45) is 2.49. The van der Waals surface area contributed by atoms with Crippen molar-refractivity contribution < 1.29 is 19.0 Å². The molecular formula is C26H26FN9O3. The molecule has 0 radical (unpaired) electrons. The fraction of sp³-hybridized carbons (Fsp3) is 0.346. The third-order valence-corrected chi connectivity index (χ3v) is 7.29. The van der Waals surface area contributed by atoms with Crippen molar-refractivity contribution in [2.75, 3.05) is 30.3 Å². The van der Waals surface area contributed by atoms with E-state index in [4.69, 9.17) is 20.2 Å². The van der Waals surface area contributed by atoms with Crippen LogP contribution in [-0.4, -0.2) is 77.5 Å². The number of hydrogen-bond donors (Lipinski definition) is 2. The van der Waals surface area contributed by atoms with Gasteiger partial charge >= 0.3 is 0 Å². The molecule has 5 aromatic rings. The number of ether oxygens (including phenoxy) is 2. The number of benzene rings is 1. The van der Waals surface area contributed by atoms with Crippen LogP contribution in [0.5, 0.6) is 5.75 Å². The summed E-state index contributed by atoms with van der Waals surface area (Å²) in [7, 11) is 1.80. The zero-order chi connectivity index (χ0) is 26.7. The van der Waals surface area contributed by atoms with Gasteiger partial charge in [0.05, 0.1) is 28.3 Å². The minimum Gasteiger partial charge on any atom is -0.491 e. The van der Waals surface area contributed by atoms with Crippen molar-refractivity contribution in [1.29, 1.82) is 0 Å². The standard InChI is InChI=1S/C26H26FN9O3/c1-34-8-5-16(33-34)15-11-36(25-21(15)24(28)30-13-31-25)26-22(27)23(37)19(39-26)12-38-14-3-4-17-18(9-14)32-20(10-29-17)35-6-2-7-35/h3-5,8-11,13,19,22-23,26,37H,2,6-7,12H2,1H3,(H2,28,30,31)/t19-,22+,23-,26-/m1/s1. The van der Waals surface area contributed by atoms with Gasteiger partial charge in [0, 0.05) is 44.2 Å². The zero-order valence-corrected chi connectivity index (χ0v) is 21.1. The predicted molar refractivity (Wildman–Crippen MR) is 141 cm³/mol. The number of rotatable bonds is 6. The molecule has 0 saturated carbocycles. The molecule has 4 aromatic heterocycles. The number of aryl methyl sites for hydroxylation is 1. The van der Waals surface area contributed by atoms with Crippen molar-refractivity contribution in [3.8, 4) is 17.0 Å². The number of anilines is 2. The molecule has 4 atom stereocenters. The average molecular weight is 532 g/mol. The zero-order valence-electron chi connectivity index (χ0n) is 21.1. The van der Waals surface area contributed by atoms with Crippen molar-refractivity contribution in [3.05, 3.63) is 49.2 Å². The lowest BCUT2D eigenvalue weighted by molar-refractivity contribution is -0.0410. The summed E-state index contributed by atoms with van der Waals surface area (Å²) in [4.78, 5) is 19.8. The second kappa shape index (κ2) is 9.13. The Hall–Kier alpha value is -4.36. The summed E-state index contributed by atoms with van der Waals surface area (Å²) >= 11 is 0. The topological polar surface area (TPSA) is 142 Å². The van der Waals surface area contributed by atoms with Gasteiger partial charge in [-0.1, -0.05) is 0 Å². The monoisotopic (exact) mass is 531 g/mol. The van der Waals surface area contributed by atoms with Crippen molar-refractivity contribution >= 4 is 33.7 Å². The highest BCUT2D eigenvalue weighted by atomic mass is 19.1. The van der Waals surface area contributed by atoms with E-state index in [2.05, 4.69) is 25.0 Å². The summed E-state index contributed by atoms with van der Waals surface area (Å²) in [6, 6.07) is 7.19. The van der Waals surface area contributed by atoms with Gasteiger partial charge in [0.25, 0.3) is 0 Å². The molecule has 0 spiro atoms. The van der Waals surface area contributed by atoms with Gasteiger partial charge in [-0.15, -0.1) is 0 Å². The van der Waals surface area contributed by atoms with Gasteiger partial charge in [-0.25, -0.2) is 19.3 Å². The Kier molecular flexibility index (Phi) is 5.56. The molecule has 0 aliphatic carbocycles. The second-order valence-electron chi connectivity index (χ2n) is 9.81. The van der Waals surface area contributed by atoms with Gasteiger partial charge in [-0.3, -0.25) is 9.67 Å². The van der Waals surface area contributed by atoms with Crippen molar-refractivity contribution in [2.45, 2.75) is 31.0 Å². The van der Waals surface area contributed by atoms with Crippen LogP contribution in [-0.2, 0) is 11.8 Å². The molecule has 13 heteroatoms. The van der Waals surface area contributed by atoms with E-state index in [1.165, 1.54) is 10.9 Å². The van der Waals surface area contributed by atoms with E-state index in [0.717, 1.165) is 30.8 Å². The number of nitrogen functional groups attached to an aromatic ring is 1. The van der Waals surface area contributed by atoms with Crippen LogP contribution in [0.2, 0.25) is 0 Å². The molecule has 3 N–H and O–H groups in total. The second-order valence-corrected chi connectivity index (χ2v) is 9.81. The minimum absolute atomic E-state index is 0.0632. The molecule has 12 nitrogen and oxygen atoms in total. The molecule has 39 heavy (non-hydrogen) atoms. The van der Waals surface area contributed by atoms with Crippen LogP contribution < -0.4 is 15.4 Å². The first-order valence-electron chi connectivity index (χ1n) is 12.7. The van der Waals surface area contributed by atoms with E-state index >= 15 is 4.39 Å². The number of aliphatic hydroxyl groups is 1. The molecule has 2 aliphatic rings. The first-order chi connectivity index (χ1) is 19.0. The Labute approximate surface area is 221 Å². The third kappa shape index (κ3) is 4.01. The molecule has 0 unspecified atom stereocenters. The highest BCUT2D eigenvalue weighted by Gasteiger charge is 2.46. The number of nitrogens with zero attached hydrogens (tertiary/aromatic N) is 8. The Morgan fingerprint density at radius 2 is 2.05 bits per heavy atom. The summed E-state index contributed by atoms with van der Waals surface area (Å²) in [5, 5.41) is 15.7. The number of fused-ring (bicyclic) bond motifs is 2. The summed E-state index contributed by atoms with van der Waals surface area (Å²) in [5.74, 6) is 1.60. The molecule has 2 fully saturated rings. The first-order valence-corrected chi connectivity index (χ1v) is 12.7. The molecule has 200 valence electrons. The molecular weight excluding hydrogens is 505 g/mol. The fourth-order valence-corrected chi connectivity index (χ4v) is 5.07. The summed E-state index contributed by atoms with van der Waals surface area (Å²) < 4.78 is 30.6. The van der Waals surface area contributed by atoms with E-state index in [9.17, 15) is 5.11 Å². The van der Waals surface area contributed by atoms with Crippen molar-refractivity contribution in [2.24, 2.45) is 7.05 Å². The predicted octanol–water partition coefficient (Wildman–Crippen LogP) is 2.24. The third-order valence-electron chi connectivity index (χ3n) is 7.29. The number of alkyl halides is 1. The van der Waals surface area contributed by atoms with Gasteiger partial charge in [0.2, 0.25) is 0 Å². The van der Waals surface area contributed by atoms with Crippen molar-refractivity contribution in [3.63, 3.8) is 0 Å². The molecule has 0 amide bonds. The van der Waals surface area contributed by atoms with E-state index in [0.29, 0.717) is 33.6 Å². The number of aliphatic hydroxyl groups excluding tert-OH is 1. The van der Waals surface area contributed by atoms with Crippen LogP contribution >= 0.6 is 0 Å². The number of nitrogens with two attached hydrogens (primary N) is 1. The van der Waals surface area contributed by atoms with Crippen LogP contribution in [0.4, 0.5) is 16.0 Å². The Morgan fingerprint density at radius 1 is 1.18 bits per heavy atom. The Balaban J connectivity index is 1.13. The van der Waals surface area contributed by atoms with Crippen LogP contribution in [0.25, 0.3) is 33.3 Å². The van der Waals surface area contributed by atoms with Gasteiger partial charge in [0.1, 0.15) is 48.2 Å². The molecule has 7 rings (SSSR count). The smallest absolute Gasteiger partial charge is 0.173 e. The SMILES string of the molecule is Cn1ccc(-c2cn([C@@H]3O[C@H](COc4ccc5ncc(N6CCC6)nc5c4)[C@@H](O)[C@@H]3F)c3ncnc(N)c23)n1. The first kappa shape index (κ1) is 23.7. The molecule has 0 bridgehead atoms. The maximum absolute atomic E-state index is 15.5. The summed E-state index contributed by atoms with van der Waals surface area (Å²) in [6.45, 7) is 1.88. The van der Waals surface area contributed by atoms with E-state index in [1.807, 2.05) is 12.1 Å².